The second kappa shape index (κ2) is 6.78. The number of amides is 1. The molecule has 0 radical (unpaired) electrons. The van der Waals surface area contributed by atoms with Crippen molar-refractivity contribution in [3.63, 3.8) is 0 Å². The smallest absolute Gasteiger partial charge is 0.327 e. The van der Waals surface area contributed by atoms with Gasteiger partial charge in [0.2, 0.25) is 0 Å². The fraction of sp³-hybridized carbons (Fsp3) is 0.312. The second-order valence-corrected chi connectivity index (χ2v) is 4.23. The molecule has 0 fully saturated rings. The summed E-state index contributed by atoms with van der Waals surface area (Å²) < 4.78 is 1.67. The van der Waals surface area contributed by atoms with E-state index < -0.39 is 0 Å². The zero-order chi connectivity index (χ0) is 14.4. The molecule has 19 heavy (non-hydrogen) atoms. The Morgan fingerprint density at radius 1 is 1.05 bits per heavy atom. The van der Waals surface area contributed by atoms with Gasteiger partial charge in [-0.05, 0) is 18.6 Å². The van der Waals surface area contributed by atoms with Crippen LogP contribution in [0, 0.1) is 6.92 Å². The van der Waals surface area contributed by atoms with Crippen molar-refractivity contribution >= 4 is 6.03 Å². The van der Waals surface area contributed by atoms with Gasteiger partial charge in [-0.25, -0.2) is 4.79 Å². The maximum absolute atomic E-state index is 11.9. The predicted molar refractivity (Wildman–Crippen MR) is 80.4 cm³/mol. The zero-order valence-corrected chi connectivity index (χ0v) is 12.3. The monoisotopic (exact) mass is 258 g/mol. The summed E-state index contributed by atoms with van der Waals surface area (Å²) in [7, 11) is 3.51. The third-order valence-electron chi connectivity index (χ3n) is 2.81. The van der Waals surface area contributed by atoms with Crippen molar-refractivity contribution in [3.05, 3.63) is 48.3 Å². The average molecular weight is 258 g/mol. The average Bonchev–Trinajstić information content (AvgIpc) is 2.83. The van der Waals surface area contributed by atoms with Crippen LogP contribution in [-0.2, 0) is 0 Å². The van der Waals surface area contributed by atoms with Crippen LogP contribution in [-0.4, -0.2) is 29.6 Å². The first-order valence-corrected chi connectivity index (χ1v) is 6.56. The van der Waals surface area contributed by atoms with Crippen LogP contribution in [0.3, 0.4) is 0 Å². The largest absolute Gasteiger partial charge is 0.330 e. The number of hydrogen-bond acceptors (Lipinski definition) is 1. The molecule has 3 nitrogen and oxygen atoms in total. The van der Waals surface area contributed by atoms with Crippen molar-refractivity contribution in [1.29, 1.82) is 0 Å². The molecule has 2 aromatic rings. The molecule has 1 heterocycles. The summed E-state index contributed by atoms with van der Waals surface area (Å²) in [5.41, 5.74) is 3.20. The predicted octanol–water partition coefficient (Wildman–Crippen LogP) is 4.02. The van der Waals surface area contributed by atoms with Crippen LogP contribution in [0.2, 0.25) is 0 Å². The highest BCUT2D eigenvalue weighted by molar-refractivity contribution is 5.80. The van der Waals surface area contributed by atoms with Gasteiger partial charge in [0, 0.05) is 31.5 Å². The van der Waals surface area contributed by atoms with E-state index in [1.807, 2.05) is 63.4 Å². The van der Waals surface area contributed by atoms with E-state index in [0.29, 0.717) is 0 Å². The Hall–Kier alpha value is -2.03. The molecule has 0 saturated carbocycles. The molecular weight excluding hydrogens is 236 g/mol. The fourth-order valence-electron chi connectivity index (χ4n) is 1.86. The summed E-state index contributed by atoms with van der Waals surface area (Å²) >= 11 is 0. The third kappa shape index (κ3) is 3.25. The first kappa shape index (κ1) is 15.0. The van der Waals surface area contributed by atoms with E-state index >= 15 is 0 Å². The second-order valence-electron chi connectivity index (χ2n) is 4.23. The van der Waals surface area contributed by atoms with E-state index in [2.05, 4.69) is 0 Å². The summed E-state index contributed by atoms with van der Waals surface area (Å²) in [5, 5.41) is 0. The molecular formula is C16H22N2O. The summed E-state index contributed by atoms with van der Waals surface area (Å²) in [5.74, 6) is 0. The summed E-state index contributed by atoms with van der Waals surface area (Å²) in [6.45, 7) is 5.96. The van der Waals surface area contributed by atoms with Gasteiger partial charge in [0.15, 0.2) is 0 Å². The molecule has 0 atom stereocenters. The van der Waals surface area contributed by atoms with Gasteiger partial charge in [0.1, 0.15) is 0 Å². The minimum absolute atomic E-state index is 0.0234. The quantitative estimate of drug-likeness (QED) is 0.758. The number of carbonyl (C=O) groups excluding carboxylic acids is 1. The van der Waals surface area contributed by atoms with Gasteiger partial charge in [-0.15, -0.1) is 0 Å². The molecule has 0 N–H and O–H groups in total. The molecule has 2 rings (SSSR count). The highest BCUT2D eigenvalue weighted by Gasteiger charge is 2.13. The van der Waals surface area contributed by atoms with Gasteiger partial charge in [-0.3, -0.25) is 4.57 Å². The Morgan fingerprint density at radius 3 is 2.16 bits per heavy atom. The molecule has 1 aromatic heterocycles. The fourth-order valence-corrected chi connectivity index (χ4v) is 1.86. The minimum Gasteiger partial charge on any atom is -0.330 e. The Labute approximate surface area is 115 Å². The molecule has 1 aromatic carbocycles. The van der Waals surface area contributed by atoms with E-state index in [0.717, 1.165) is 16.8 Å². The van der Waals surface area contributed by atoms with E-state index in [1.54, 1.807) is 23.6 Å². The van der Waals surface area contributed by atoms with Gasteiger partial charge in [-0.2, -0.15) is 0 Å². The molecule has 0 aliphatic carbocycles. The summed E-state index contributed by atoms with van der Waals surface area (Å²) in [6, 6.07) is 12.0. The van der Waals surface area contributed by atoms with E-state index in [4.69, 9.17) is 0 Å². The SMILES string of the molecule is CC.Cc1c(-c2ccccc2)ccn1C(=O)N(C)C. The first-order chi connectivity index (χ1) is 9.11. The Bertz CT molecular complexity index is 527. The lowest BCUT2D eigenvalue weighted by Crippen LogP contribution is -2.27. The molecule has 0 spiro atoms. The van der Waals surface area contributed by atoms with Crippen molar-refractivity contribution in [2.24, 2.45) is 0 Å². The van der Waals surface area contributed by atoms with Crippen molar-refractivity contribution in [2.45, 2.75) is 20.8 Å². The molecule has 0 aliphatic rings. The number of carbonyl (C=O) groups is 1. The number of aromatic nitrogens is 1. The third-order valence-corrected chi connectivity index (χ3v) is 2.81. The normalized spacial score (nSPS) is 9.53. The number of hydrogen-bond donors (Lipinski definition) is 0. The van der Waals surface area contributed by atoms with E-state index in [1.165, 1.54) is 0 Å². The maximum Gasteiger partial charge on any atom is 0.327 e. The van der Waals surface area contributed by atoms with Gasteiger partial charge in [0.25, 0.3) is 0 Å². The van der Waals surface area contributed by atoms with Crippen LogP contribution in [0.4, 0.5) is 4.79 Å². The van der Waals surface area contributed by atoms with Gasteiger partial charge < -0.3 is 4.90 Å². The zero-order valence-electron chi connectivity index (χ0n) is 12.3. The molecule has 3 heteroatoms. The highest BCUT2D eigenvalue weighted by atomic mass is 16.2. The Morgan fingerprint density at radius 2 is 1.63 bits per heavy atom. The molecule has 1 amide bonds. The van der Waals surface area contributed by atoms with Gasteiger partial charge in [-0.1, -0.05) is 44.2 Å². The topological polar surface area (TPSA) is 25.2 Å². The highest BCUT2D eigenvalue weighted by Crippen LogP contribution is 2.24. The molecule has 0 bridgehead atoms. The lowest BCUT2D eigenvalue weighted by molar-refractivity contribution is 0.218. The van der Waals surface area contributed by atoms with Crippen molar-refractivity contribution < 1.29 is 4.79 Å². The lowest BCUT2D eigenvalue weighted by Gasteiger charge is -2.12. The van der Waals surface area contributed by atoms with Gasteiger partial charge in [0.05, 0.1) is 0 Å². The van der Waals surface area contributed by atoms with Crippen molar-refractivity contribution in [2.75, 3.05) is 14.1 Å². The molecule has 0 saturated heterocycles. The Balaban J connectivity index is 0.000000861. The van der Waals surface area contributed by atoms with Crippen LogP contribution in [0.5, 0.6) is 0 Å². The molecule has 102 valence electrons. The van der Waals surface area contributed by atoms with Crippen molar-refractivity contribution in [1.82, 2.24) is 9.47 Å². The van der Waals surface area contributed by atoms with Crippen LogP contribution in [0.15, 0.2) is 42.6 Å². The van der Waals surface area contributed by atoms with Gasteiger partial charge >= 0.3 is 6.03 Å². The first-order valence-electron chi connectivity index (χ1n) is 6.56. The standard InChI is InChI=1S/C14H16N2O.C2H6/c1-11-13(12-7-5-4-6-8-12)9-10-16(11)14(17)15(2)3;1-2/h4-10H,1-3H3;1-2H3. The van der Waals surface area contributed by atoms with E-state index in [9.17, 15) is 4.79 Å². The summed E-state index contributed by atoms with van der Waals surface area (Å²) in [6.07, 6.45) is 1.82. The number of nitrogens with zero attached hydrogens (tertiary/aromatic N) is 2. The minimum atomic E-state index is -0.0234. The number of benzene rings is 1. The van der Waals surface area contributed by atoms with E-state index in [-0.39, 0.29) is 6.03 Å². The summed E-state index contributed by atoms with van der Waals surface area (Å²) in [4.78, 5) is 13.5. The Kier molecular flexibility index (Phi) is 5.37. The maximum atomic E-state index is 11.9. The van der Waals surface area contributed by atoms with Crippen LogP contribution in [0.1, 0.15) is 19.5 Å². The van der Waals surface area contributed by atoms with Crippen LogP contribution < -0.4 is 0 Å². The van der Waals surface area contributed by atoms with Crippen LogP contribution >= 0.6 is 0 Å². The molecule has 0 aliphatic heterocycles. The lowest BCUT2D eigenvalue weighted by atomic mass is 10.1. The molecule has 0 unspecified atom stereocenters. The van der Waals surface area contributed by atoms with Crippen LogP contribution in [0.25, 0.3) is 11.1 Å². The number of rotatable bonds is 1. The van der Waals surface area contributed by atoms with Crippen molar-refractivity contribution in [3.8, 4) is 11.1 Å².